The Balaban J connectivity index is 1.94. The lowest BCUT2D eigenvalue weighted by molar-refractivity contribution is 0.0887. The van der Waals surface area contributed by atoms with Crippen LogP contribution in [0.1, 0.15) is 40.0 Å². The summed E-state index contributed by atoms with van der Waals surface area (Å²) in [6, 6.07) is 4.65. The average Bonchev–Trinajstić information content (AvgIpc) is 2.98. The number of carbonyl (C=O) groups is 2. The van der Waals surface area contributed by atoms with Crippen molar-refractivity contribution in [2.24, 2.45) is 0 Å². The maximum atomic E-state index is 12.0. The Kier molecular flexibility index (Phi) is 4.44. The van der Waals surface area contributed by atoms with Crippen molar-refractivity contribution in [1.82, 2.24) is 5.32 Å². The Labute approximate surface area is 124 Å². The molecule has 0 saturated heterocycles. The molecule has 6 heteroatoms. The van der Waals surface area contributed by atoms with E-state index in [4.69, 9.17) is 8.83 Å². The Morgan fingerprint density at radius 1 is 1.45 bits per heavy atom. The normalized spacial score (nSPS) is 12.2. The highest BCUT2D eigenvalue weighted by Crippen LogP contribution is 2.19. The zero-order valence-corrected chi connectivity index (χ0v) is 12.7. The lowest BCUT2D eigenvalue weighted by Crippen LogP contribution is -2.34. The van der Waals surface area contributed by atoms with Crippen LogP contribution in [0.2, 0.25) is 0 Å². The summed E-state index contributed by atoms with van der Waals surface area (Å²) in [5, 5.41) is 2.73. The minimum absolute atomic E-state index is 0.153. The number of hydrogen-bond acceptors (Lipinski definition) is 4. The molecule has 2 aromatic heterocycles. The molecule has 0 spiro atoms. The van der Waals surface area contributed by atoms with Gasteiger partial charge in [0.1, 0.15) is 0 Å². The molecule has 2 heterocycles. The maximum Gasteiger partial charge on any atom is 0.287 e. The van der Waals surface area contributed by atoms with Crippen LogP contribution in [0.3, 0.4) is 0 Å². The third-order valence-electron chi connectivity index (χ3n) is 2.76. The van der Waals surface area contributed by atoms with Gasteiger partial charge in [0.15, 0.2) is 22.0 Å². The molecule has 106 valence electrons. The first-order valence-corrected chi connectivity index (χ1v) is 6.90. The summed E-state index contributed by atoms with van der Waals surface area (Å²) in [6.07, 6.45) is 1.61. The SMILES string of the molecule is Cc1cc(Br)oc1C(=O)N[C@@H](C)CC(=O)c1ccco1. The number of aryl methyl sites for hydroxylation is 1. The molecule has 0 aliphatic carbocycles. The van der Waals surface area contributed by atoms with Crippen LogP contribution >= 0.6 is 15.9 Å². The highest BCUT2D eigenvalue weighted by atomic mass is 79.9. The smallest absolute Gasteiger partial charge is 0.287 e. The number of amides is 1. The van der Waals surface area contributed by atoms with Crippen molar-refractivity contribution < 1.29 is 18.4 Å². The van der Waals surface area contributed by atoms with Gasteiger partial charge >= 0.3 is 0 Å². The quantitative estimate of drug-likeness (QED) is 0.848. The first-order chi connectivity index (χ1) is 9.47. The predicted molar refractivity (Wildman–Crippen MR) is 75.7 cm³/mol. The number of carbonyl (C=O) groups excluding carboxylic acids is 2. The molecule has 5 nitrogen and oxygen atoms in total. The Morgan fingerprint density at radius 2 is 2.20 bits per heavy atom. The minimum atomic E-state index is -0.340. The van der Waals surface area contributed by atoms with Crippen molar-refractivity contribution in [3.05, 3.63) is 46.2 Å². The molecule has 0 aromatic carbocycles. The lowest BCUT2D eigenvalue weighted by Gasteiger charge is -2.11. The standard InChI is InChI=1S/C14H14BrNO4/c1-8-6-12(15)20-13(8)14(18)16-9(2)7-10(17)11-4-3-5-19-11/h3-6,9H,7H2,1-2H3,(H,16,18)/t9-/m0/s1. The van der Waals surface area contributed by atoms with Crippen LogP contribution in [0.15, 0.2) is 38.0 Å². The van der Waals surface area contributed by atoms with Gasteiger partial charge in [-0.2, -0.15) is 0 Å². The van der Waals surface area contributed by atoms with Gasteiger partial charge in [-0.05, 0) is 48.0 Å². The zero-order valence-electron chi connectivity index (χ0n) is 11.1. The van der Waals surface area contributed by atoms with E-state index in [0.717, 1.165) is 5.56 Å². The molecule has 0 radical (unpaired) electrons. The Bertz CT molecular complexity index is 615. The van der Waals surface area contributed by atoms with Crippen molar-refractivity contribution in [3.63, 3.8) is 0 Å². The number of hydrogen-bond donors (Lipinski definition) is 1. The first-order valence-electron chi connectivity index (χ1n) is 6.11. The second kappa shape index (κ2) is 6.09. The number of halogens is 1. The van der Waals surface area contributed by atoms with E-state index in [0.29, 0.717) is 10.4 Å². The Hall–Kier alpha value is -1.82. The van der Waals surface area contributed by atoms with Gasteiger partial charge in [0.2, 0.25) is 0 Å². The number of furan rings is 2. The third-order valence-corrected chi connectivity index (χ3v) is 3.15. The largest absolute Gasteiger partial charge is 0.461 e. The molecule has 1 amide bonds. The van der Waals surface area contributed by atoms with E-state index in [1.165, 1.54) is 6.26 Å². The predicted octanol–water partition coefficient (Wildman–Crippen LogP) is 3.33. The zero-order chi connectivity index (χ0) is 14.7. The summed E-state index contributed by atoms with van der Waals surface area (Å²) < 4.78 is 10.8. The maximum absolute atomic E-state index is 12.0. The number of Topliss-reactive ketones (excluding diaryl/α,β-unsaturated/α-hetero) is 1. The van der Waals surface area contributed by atoms with E-state index in [9.17, 15) is 9.59 Å². The van der Waals surface area contributed by atoms with E-state index in [1.54, 1.807) is 32.0 Å². The fourth-order valence-corrected chi connectivity index (χ4v) is 2.33. The van der Waals surface area contributed by atoms with Gasteiger partial charge in [-0.25, -0.2) is 0 Å². The molecule has 1 N–H and O–H groups in total. The topological polar surface area (TPSA) is 72.5 Å². The van der Waals surface area contributed by atoms with Crippen LogP contribution in [-0.4, -0.2) is 17.7 Å². The third kappa shape index (κ3) is 3.39. The van der Waals surface area contributed by atoms with Crippen LogP contribution in [0, 0.1) is 6.92 Å². The van der Waals surface area contributed by atoms with Gasteiger partial charge in [-0.15, -0.1) is 0 Å². The van der Waals surface area contributed by atoms with E-state index in [1.807, 2.05) is 0 Å². The van der Waals surface area contributed by atoms with Crippen LogP contribution in [0.25, 0.3) is 0 Å². The van der Waals surface area contributed by atoms with Gasteiger partial charge in [0, 0.05) is 18.0 Å². The van der Waals surface area contributed by atoms with Crippen molar-refractivity contribution >= 4 is 27.6 Å². The van der Waals surface area contributed by atoms with Crippen LogP contribution in [0.4, 0.5) is 0 Å². The van der Waals surface area contributed by atoms with Crippen molar-refractivity contribution in [2.75, 3.05) is 0 Å². The molecule has 0 aliphatic heterocycles. The second-order valence-electron chi connectivity index (χ2n) is 4.54. The molecule has 0 bridgehead atoms. The minimum Gasteiger partial charge on any atom is -0.461 e. The highest BCUT2D eigenvalue weighted by molar-refractivity contribution is 9.10. The lowest BCUT2D eigenvalue weighted by atomic mass is 10.1. The van der Waals surface area contributed by atoms with Gasteiger partial charge in [0.25, 0.3) is 5.91 Å². The second-order valence-corrected chi connectivity index (χ2v) is 5.32. The highest BCUT2D eigenvalue weighted by Gasteiger charge is 2.19. The Morgan fingerprint density at radius 3 is 2.75 bits per heavy atom. The van der Waals surface area contributed by atoms with Crippen LogP contribution in [0.5, 0.6) is 0 Å². The average molecular weight is 340 g/mol. The van der Waals surface area contributed by atoms with Gasteiger partial charge < -0.3 is 14.2 Å². The first kappa shape index (κ1) is 14.6. The molecule has 0 saturated carbocycles. The summed E-state index contributed by atoms with van der Waals surface area (Å²) in [5.41, 5.74) is 0.735. The molecule has 0 unspecified atom stereocenters. The molecular formula is C14H14BrNO4. The van der Waals surface area contributed by atoms with E-state index in [-0.39, 0.29) is 29.9 Å². The molecule has 20 heavy (non-hydrogen) atoms. The van der Waals surface area contributed by atoms with Gasteiger partial charge in [-0.3, -0.25) is 9.59 Å². The number of nitrogens with one attached hydrogen (secondary N) is 1. The van der Waals surface area contributed by atoms with E-state index >= 15 is 0 Å². The van der Waals surface area contributed by atoms with Crippen LogP contribution < -0.4 is 5.32 Å². The molecule has 0 fully saturated rings. The van der Waals surface area contributed by atoms with E-state index in [2.05, 4.69) is 21.2 Å². The molecule has 2 aromatic rings. The summed E-state index contributed by atoms with van der Waals surface area (Å²) in [4.78, 5) is 23.8. The van der Waals surface area contributed by atoms with E-state index < -0.39 is 0 Å². The number of rotatable bonds is 5. The summed E-state index contributed by atoms with van der Waals surface area (Å²) in [6.45, 7) is 3.54. The fraction of sp³-hybridized carbons (Fsp3) is 0.286. The van der Waals surface area contributed by atoms with Crippen molar-refractivity contribution in [1.29, 1.82) is 0 Å². The number of ketones is 1. The summed E-state index contributed by atoms with van der Waals surface area (Å²) in [5.74, 6) is 0.0466. The molecular weight excluding hydrogens is 326 g/mol. The summed E-state index contributed by atoms with van der Waals surface area (Å²) in [7, 11) is 0. The monoisotopic (exact) mass is 339 g/mol. The summed E-state index contributed by atoms with van der Waals surface area (Å²) >= 11 is 3.17. The molecule has 0 aliphatic rings. The fourth-order valence-electron chi connectivity index (χ4n) is 1.82. The van der Waals surface area contributed by atoms with Crippen LogP contribution in [-0.2, 0) is 0 Å². The van der Waals surface area contributed by atoms with Gasteiger partial charge in [-0.1, -0.05) is 0 Å². The van der Waals surface area contributed by atoms with Gasteiger partial charge in [0.05, 0.1) is 6.26 Å². The molecule has 1 atom stereocenters. The molecule has 2 rings (SSSR count). The van der Waals surface area contributed by atoms with Crippen molar-refractivity contribution in [2.45, 2.75) is 26.3 Å². The van der Waals surface area contributed by atoms with Crippen molar-refractivity contribution in [3.8, 4) is 0 Å².